The minimum absolute atomic E-state index is 0.0498. The summed E-state index contributed by atoms with van der Waals surface area (Å²) in [4.78, 5) is 0. The van der Waals surface area contributed by atoms with Crippen LogP contribution in [0.25, 0.3) is 0 Å². The number of hydrogen-bond acceptors (Lipinski definition) is 5. The number of primary sulfonamides is 1. The summed E-state index contributed by atoms with van der Waals surface area (Å²) in [5.41, 5.74) is 0. The number of hydrogen-bond donors (Lipinski definition) is 2. The number of sulfonamides is 1. The summed E-state index contributed by atoms with van der Waals surface area (Å²) in [5, 5.41) is 15.4. The van der Waals surface area contributed by atoms with Gasteiger partial charge in [0.1, 0.15) is 12.2 Å². The third kappa shape index (κ3) is 4.86. The molecule has 8 heteroatoms. The first-order valence-electron chi connectivity index (χ1n) is 4.53. The summed E-state index contributed by atoms with van der Waals surface area (Å²) in [7, 11) is -1.50. The molecule has 15 heavy (non-hydrogen) atoms. The molecule has 0 spiro atoms. The smallest absolute Gasteiger partial charge is 0.210 e. The molecule has 1 aromatic heterocycles. The lowest BCUT2D eigenvalue weighted by atomic mass is 10.4. The van der Waals surface area contributed by atoms with E-state index >= 15 is 0 Å². The molecule has 0 saturated heterocycles. The number of nitrogens with zero attached hydrogens (tertiary/aromatic N) is 3. The molecule has 0 bridgehead atoms. The Balaban J connectivity index is 2.15. The molecule has 0 saturated carbocycles. The minimum Gasteiger partial charge on any atom is -0.321 e. The van der Waals surface area contributed by atoms with Crippen LogP contribution in [0.4, 0.5) is 0 Å². The van der Waals surface area contributed by atoms with Crippen LogP contribution in [-0.4, -0.2) is 42.0 Å². The molecular formula is C7H15N5O2S. The average molecular weight is 233 g/mol. The Labute approximate surface area is 88.7 Å². The Morgan fingerprint density at radius 1 is 1.53 bits per heavy atom. The predicted octanol–water partition coefficient (Wildman–Crippen LogP) is -1.76. The lowest BCUT2D eigenvalue weighted by Gasteiger charge is -2.03. The van der Waals surface area contributed by atoms with Crippen LogP contribution in [0.2, 0.25) is 0 Å². The van der Waals surface area contributed by atoms with Gasteiger partial charge in [-0.1, -0.05) is 0 Å². The molecule has 0 aromatic carbocycles. The lowest BCUT2D eigenvalue weighted by molar-refractivity contribution is 0.591. The van der Waals surface area contributed by atoms with Crippen LogP contribution in [0.3, 0.4) is 0 Å². The fraction of sp³-hybridized carbons (Fsp3) is 0.714. The summed E-state index contributed by atoms with van der Waals surface area (Å²) in [6, 6.07) is 0. The second kappa shape index (κ2) is 5.19. The monoisotopic (exact) mass is 233 g/mol. The summed E-state index contributed by atoms with van der Waals surface area (Å²) < 4.78 is 23.0. The Hall–Kier alpha value is -0.990. The molecule has 1 aromatic rings. The van der Waals surface area contributed by atoms with E-state index in [2.05, 4.69) is 15.5 Å². The summed E-state index contributed by atoms with van der Waals surface area (Å²) in [6.07, 6.45) is 2.33. The lowest BCUT2D eigenvalue weighted by Crippen LogP contribution is -2.28. The molecule has 0 aliphatic carbocycles. The third-order valence-electron chi connectivity index (χ3n) is 1.89. The predicted molar refractivity (Wildman–Crippen MR) is 55.6 cm³/mol. The fourth-order valence-corrected chi connectivity index (χ4v) is 1.50. The molecule has 3 N–H and O–H groups in total. The number of rotatable bonds is 6. The Morgan fingerprint density at radius 2 is 2.27 bits per heavy atom. The Kier molecular flexibility index (Phi) is 4.18. The number of nitrogens with one attached hydrogen (secondary N) is 1. The van der Waals surface area contributed by atoms with Crippen LogP contribution in [0.15, 0.2) is 6.33 Å². The van der Waals surface area contributed by atoms with Gasteiger partial charge >= 0.3 is 0 Å². The van der Waals surface area contributed by atoms with Crippen LogP contribution in [0, 0.1) is 0 Å². The highest BCUT2D eigenvalue weighted by Crippen LogP contribution is 1.90. The maximum atomic E-state index is 10.6. The van der Waals surface area contributed by atoms with Crippen LogP contribution in [0.5, 0.6) is 0 Å². The molecule has 1 rings (SSSR count). The van der Waals surface area contributed by atoms with E-state index in [-0.39, 0.29) is 5.75 Å². The number of aromatic nitrogens is 3. The van der Waals surface area contributed by atoms with Gasteiger partial charge in [0, 0.05) is 26.6 Å². The highest BCUT2D eigenvalue weighted by atomic mass is 32.2. The van der Waals surface area contributed by atoms with E-state index in [1.54, 1.807) is 6.33 Å². The average Bonchev–Trinajstić information content (AvgIpc) is 2.49. The van der Waals surface area contributed by atoms with E-state index in [0.29, 0.717) is 19.5 Å². The van der Waals surface area contributed by atoms with Crippen molar-refractivity contribution in [3.05, 3.63) is 12.2 Å². The zero-order valence-corrected chi connectivity index (χ0v) is 9.37. The highest BCUT2D eigenvalue weighted by Gasteiger charge is 2.02. The van der Waals surface area contributed by atoms with Crippen LogP contribution in [0.1, 0.15) is 5.82 Å². The molecule has 0 unspecified atom stereocenters. The normalized spacial score (nSPS) is 11.9. The van der Waals surface area contributed by atoms with Crippen LogP contribution < -0.4 is 10.5 Å². The van der Waals surface area contributed by atoms with E-state index < -0.39 is 10.0 Å². The molecule has 86 valence electrons. The second-order valence-electron chi connectivity index (χ2n) is 3.23. The van der Waals surface area contributed by atoms with Crippen LogP contribution >= 0.6 is 0 Å². The molecular weight excluding hydrogens is 218 g/mol. The van der Waals surface area contributed by atoms with Gasteiger partial charge in [-0.15, -0.1) is 10.2 Å². The topological polar surface area (TPSA) is 103 Å². The molecule has 0 amide bonds. The van der Waals surface area contributed by atoms with E-state index in [1.807, 2.05) is 11.6 Å². The maximum absolute atomic E-state index is 10.6. The summed E-state index contributed by atoms with van der Waals surface area (Å²) >= 11 is 0. The number of nitrogens with two attached hydrogens (primary N) is 1. The first kappa shape index (κ1) is 12.1. The maximum Gasteiger partial charge on any atom is 0.210 e. The molecule has 0 radical (unpaired) electrons. The van der Waals surface area contributed by atoms with E-state index in [0.717, 1.165) is 5.82 Å². The van der Waals surface area contributed by atoms with Gasteiger partial charge in [-0.25, -0.2) is 13.6 Å². The zero-order valence-electron chi connectivity index (χ0n) is 8.55. The van der Waals surface area contributed by atoms with Crippen molar-refractivity contribution in [2.24, 2.45) is 12.2 Å². The second-order valence-corrected chi connectivity index (χ2v) is 4.96. The van der Waals surface area contributed by atoms with Gasteiger partial charge in [0.05, 0.1) is 5.75 Å². The van der Waals surface area contributed by atoms with Gasteiger partial charge in [0.15, 0.2) is 0 Å². The van der Waals surface area contributed by atoms with Gasteiger partial charge in [-0.05, 0) is 0 Å². The van der Waals surface area contributed by atoms with E-state index in [1.165, 1.54) is 0 Å². The van der Waals surface area contributed by atoms with Crippen molar-refractivity contribution in [2.75, 3.05) is 18.8 Å². The largest absolute Gasteiger partial charge is 0.321 e. The first-order valence-corrected chi connectivity index (χ1v) is 6.24. The van der Waals surface area contributed by atoms with Gasteiger partial charge in [-0.2, -0.15) is 0 Å². The molecule has 0 fully saturated rings. The molecule has 7 nitrogen and oxygen atoms in total. The third-order valence-corrected chi connectivity index (χ3v) is 2.67. The Morgan fingerprint density at radius 3 is 2.80 bits per heavy atom. The molecule has 1 heterocycles. The van der Waals surface area contributed by atoms with Crippen molar-refractivity contribution in [3.63, 3.8) is 0 Å². The van der Waals surface area contributed by atoms with Gasteiger partial charge in [0.25, 0.3) is 0 Å². The first-order chi connectivity index (χ1) is 6.99. The van der Waals surface area contributed by atoms with E-state index in [4.69, 9.17) is 5.14 Å². The fourth-order valence-electron chi connectivity index (χ4n) is 1.07. The molecule has 0 atom stereocenters. The summed E-state index contributed by atoms with van der Waals surface area (Å²) in [5.74, 6) is 0.810. The zero-order chi connectivity index (χ0) is 11.3. The summed E-state index contributed by atoms with van der Waals surface area (Å²) in [6.45, 7) is 1.01. The van der Waals surface area contributed by atoms with Crippen molar-refractivity contribution in [1.29, 1.82) is 0 Å². The van der Waals surface area contributed by atoms with Gasteiger partial charge in [0.2, 0.25) is 10.0 Å². The van der Waals surface area contributed by atoms with Crippen molar-refractivity contribution in [3.8, 4) is 0 Å². The van der Waals surface area contributed by atoms with Crippen molar-refractivity contribution in [2.45, 2.75) is 6.42 Å². The Bertz CT molecular complexity index is 399. The molecule has 0 aliphatic rings. The highest BCUT2D eigenvalue weighted by molar-refractivity contribution is 7.89. The molecule has 0 aliphatic heterocycles. The quantitative estimate of drug-likeness (QED) is 0.566. The van der Waals surface area contributed by atoms with Gasteiger partial charge < -0.3 is 9.88 Å². The van der Waals surface area contributed by atoms with Gasteiger partial charge in [-0.3, -0.25) is 0 Å². The van der Waals surface area contributed by atoms with Crippen molar-refractivity contribution in [1.82, 2.24) is 20.1 Å². The van der Waals surface area contributed by atoms with Crippen LogP contribution in [-0.2, 0) is 23.5 Å². The number of aryl methyl sites for hydroxylation is 1. The van der Waals surface area contributed by atoms with E-state index in [9.17, 15) is 8.42 Å². The minimum atomic E-state index is -3.36. The van der Waals surface area contributed by atoms with Crippen molar-refractivity contribution >= 4 is 10.0 Å². The van der Waals surface area contributed by atoms with Crippen molar-refractivity contribution < 1.29 is 8.42 Å². The SMILES string of the molecule is Cn1cnnc1CCNCCS(N)(=O)=O. The standard InChI is InChI=1S/C7H15N5O2S/c1-12-6-10-11-7(12)2-3-9-4-5-15(8,13)14/h6,9H,2-5H2,1H3,(H2,8,13,14).